The molecule has 0 radical (unpaired) electrons. The number of fused-ring (bicyclic) bond motifs is 1. The molecule has 0 saturated heterocycles. The van der Waals surface area contributed by atoms with Gasteiger partial charge in [-0.3, -0.25) is 4.79 Å². The molecule has 0 bridgehead atoms. The van der Waals surface area contributed by atoms with Gasteiger partial charge in [-0.2, -0.15) is 0 Å². The maximum atomic E-state index is 12.4. The highest BCUT2D eigenvalue weighted by Crippen LogP contribution is 2.33. The van der Waals surface area contributed by atoms with Gasteiger partial charge in [-0.05, 0) is 30.4 Å². The Morgan fingerprint density at radius 3 is 2.85 bits per heavy atom. The van der Waals surface area contributed by atoms with Crippen molar-refractivity contribution < 1.29 is 9.53 Å². The molecule has 0 atom stereocenters. The van der Waals surface area contributed by atoms with Crippen LogP contribution in [0.3, 0.4) is 0 Å². The molecule has 3 heterocycles. The van der Waals surface area contributed by atoms with Gasteiger partial charge in [0.1, 0.15) is 4.83 Å². The lowest BCUT2D eigenvalue weighted by Crippen LogP contribution is -2.21. The van der Waals surface area contributed by atoms with Crippen molar-refractivity contribution in [3.8, 4) is 5.88 Å². The number of rotatable bonds is 7. The van der Waals surface area contributed by atoms with E-state index >= 15 is 0 Å². The Labute approximate surface area is 159 Å². The number of thiophene rings is 1. The maximum Gasteiger partial charge on any atom is 0.261 e. The Hall–Kier alpha value is -2.19. The van der Waals surface area contributed by atoms with Crippen molar-refractivity contribution in [3.05, 3.63) is 34.8 Å². The lowest BCUT2D eigenvalue weighted by Gasteiger charge is -2.06. The minimum absolute atomic E-state index is 0.0827. The van der Waals surface area contributed by atoms with E-state index in [4.69, 9.17) is 4.74 Å². The number of pyridine rings is 1. The first-order chi connectivity index (χ1) is 12.6. The van der Waals surface area contributed by atoms with Gasteiger partial charge in [0.2, 0.25) is 5.88 Å². The van der Waals surface area contributed by atoms with E-state index in [0.717, 1.165) is 26.8 Å². The third-order valence-electron chi connectivity index (χ3n) is 4.10. The van der Waals surface area contributed by atoms with Crippen molar-refractivity contribution in [1.82, 2.24) is 15.3 Å². The molecule has 4 rings (SSSR count). The van der Waals surface area contributed by atoms with Gasteiger partial charge < -0.3 is 15.0 Å². The zero-order chi connectivity index (χ0) is 18.1. The van der Waals surface area contributed by atoms with Gasteiger partial charge in [0.05, 0.1) is 16.2 Å². The predicted octanol–water partition coefficient (Wildman–Crippen LogP) is 3.54. The van der Waals surface area contributed by atoms with Crippen LogP contribution in [0.4, 0.5) is 5.13 Å². The second kappa shape index (κ2) is 7.20. The van der Waals surface area contributed by atoms with Crippen molar-refractivity contribution in [1.29, 1.82) is 0 Å². The molecule has 6 nitrogen and oxygen atoms in total. The molecule has 0 spiro atoms. The molecule has 3 aromatic rings. The fourth-order valence-corrected chi connectivity index (χ4v) is 4.43. The van der Waals surface area contributed by atoms with Gasteiger partial charge in [0.15, 0.2) is 5.13 Å². The molecule has 1 N–H and O–H groups in total. The summed E-state index contributed by atoms with van der Waals surface area (Å²) in [6, 6.07) is 5.71. The second-order valence-electron chi connectivity index (χ2n) is 6.61. The van der Waals surface area contributed by atoms with E-state index in [-0.39, 0.29) is 5.91 Å². The van der Waals surface area contributed by atoms with E-state index in [1.165, 1.54) is 24.2 Å². The normalized spacial score (nSPS) is 13.8. The lowest BCUT2D eigenvalue weighted by molar-refractivity contribution is 0.0955. The molecule has 0 unspecified atom stereocenters. The van der Waals surface area contributed by atoms with Crippen LogP contribution in [0, 0.1) is 5.92 Å². The van der Waals surface area contributed by atoms with Crippen LogP contribution in [0.15, 0.2) is 24.4 Å². The van der Waals surface area contributed by atoms with Gasteiger partial charge in [-0.15, -0.1) is 11.3 Å². The van der Waals surface area contributed by atoms with E-state index in [1.54, 1.807) is 17.5 Å². The SMILES string of the molecule is CN(C)c1nc2sc(C(=O)NCc3ccc(OCC4CC4)nc3)cc2s1. The topological polar surface area (TPSA) is 67.4 Å². The van der Waals surface area contributed by atoms with Gasteiger partial charge in [0.25, 0.3) is 5.91 Å². The van der Waals surface area contributed by atoms with E-state index < -0.39 is 0 Å². The van der Waals surface area contributed by atoms with E-state index in [2.05, 4.69) is 15.3 Å². The summed E-state index contributed by atoms with van der Waals surface area (Å²) in [6.45, 7) is 1.19. The average Bonchev–Trinajstić information content (AvgIpc) is 3.24. The quantitative estimate of drug-likeness (QED) is 0.671. The lowest BCUT2D eigenvalue weighted by atomic mass is 10.3. The fourth-order valence-electron chi connectivity index (χ4n) is 2.39. The minimum Gasteiger partial charge on any atom is -0.477 e. The monoisotopic (exact) mass is 388 g/mol. The molecule has 1 aliphatic carbocycles. The molecule has 1 aliphatic rings. The molecule has 8 heteroatoms. The van der Waals surface area contributed by atoms with Crippen LogP contribution in [-0.4, -0.2) is 36.6 Å². The minimum atomic E-state index is -0.0827. The number of hydrogen-bond acceptors (Lipinski definition) is 7. The first kappa shape index (κ1) is 17.2. The van der Waals surface area contributed by atoms with E-state index in [1.807, 2.05) is 37.2 Å². The zero-order valence-corrected chi connectivity index (χ0v) is 16.3. The molecule has 0 aliphatic heterocycles. The van der Waals surface area contributed by atoms with E-state index in [9.17, 15) is 4.79 Å². The average molecular weight is 389 g/mol. The Kier molecular flexibility index (Phi) is 4.78. The van der Waals surface area contributed by atoms with Crippen molar-refractivity contribution in [3.63, 3.8) is 0 Å². The number of aromatic nitrogens is 2. The molecule has 0 aromatic carbocycles. The highest BCUT2D eigenvalue weighted by atomic mass is 32.1. The number of carbonyl (C=O) groups excluding carboxylic acids is 1. The summed E-state index contributed by atoms with van der Waals surface area (Å²) in [5.41, 5.74) is 0.948. The Morgan fingerprint density at radius 2 is 2.19 bits per heavy atom. The van der Waals surface area contributed by atoms with Gasteiger partial charge >= 0.3 is 0 Å². The van der Waals surface area contributed by atoms with Crippen LogP contribution in [0.2, 0.25) is 0 Å². The molecule has 26 heavy (non-hydrogen) atoms. The maximum absolute atomic E-state index is 12.4. The Bertz CT molecular complexity index is 882. The number of ether oxygens (including phenoxy) is 1. The predicted molar refractivity (Wildman–Crippen MR) is 105 cm³/mol. The van der Waals surface area contributed by atoms with Crippen LogP contribution < -0.4 is 15.0 Å². The molecular weight excluding hydrogens is 368 g/mol. The standard InChI is InChI=1S/C18H20N4O2S2/c1-22(2)18-21-17-14(26-18)7-13(25-17)16(23)20-9-12-5-6-15(19-8-12)24-10-11-3-4-11/h5-8,11H,3-4,9-10H2,1-2H3,(H,20,23). The van der Waals surface area contributed by atoms with Gasteiger partial charge in [-0.1, -0.05) is 17.4 Å². The number of hydrogen-bond donors (Lipinski definition) is 1. The zero-order valence-electron chi connectivity index (χ0n) is 14.7. The van der Waals surface area contributed by atoms with Crippen LogP contribution in [0.1, 0.15) is 28.1 Å². The summed E-state index contributed by atoms with van der Waals surface area (Å²) in [5.74, 6) is 1.27. The number of anilines is 1. The van der Waals surface area contributed by atoms with Crippen molar-refractivity contribution in [2.75, 3.05) is 25.6 Å². The van der Waals surface area contributed by atoms with Crippen LogP contribution >= 0.6 is 22.7 Å². The highest BCUT2D eigenvalue weighted by Gasteiger charge is 2.22. The first-order valence-electron chi connectivity index (χ1n) is 8.52. The molecule has 1 amide bonds. The summed E-state index contributed by atoms with van der Waals surface area (Å²) >= 11 is 3.01. The molecule has 1 fully saturated rings. The summed E-state index contributed by atoms with van der Waals surface area (Å²) in [5, 5.41) is 3.89. The van der Waals surface area contributed by atoms with Crippen molar-refractivity contribution in [2.24, 2.45) is 5.92 Å². The van der Waals surface area contributed by atoms with Crippen LogP contribution in [0.25, 0.3) is 9.53 Å². The summed E-state index contributed by atoms with van der Waals surface area (Å²) in [6.07, 6.45) is 4.27. The number of carbonyl (C=O) groups is 1. The second-order valence-corrected chi connectivity index (χ2v) is 8.65. The molecule has 136 valence electrons. The molecule has 1 saturated carbocycles. The molecule has 3 aromatic heterocycles. The third kappa shape index (κ3) is 3.96. The highest BCUT2D eigenvalue weighted by molar-refractivity contribution is 7.29. The van der Waals surface area contributed by atoms with Crippen LogP contribution in [-0.2, 0) is 6.54 Å². The third-order valence-corrected chi connectivity index (χ3v) is 6.43. The largest absolute Gasteiger partial charge is 0.477 e. The summed E-state index contributed by atoms with van der Waals surface area (Å²) in [7, 11) is 3.93. The number of nitrogens with zero attached hydrogens (tertiary/aromatic N) is 3. The summed E-state index contributed by atoms with van der Waals surface area (Å²) < 4.78 is 6.67. The van der Waals surface area contributed by atoms with Gasteiger partial charge in [0, 0.05) is 32.9 Å². The van der Waals surface area contributed by atoms with Crippen LogP contribution in [0.5, 0.6) is 5.88 Å². The number of nitrogens with one attached hydrogen (secondary N) is 1. The Balaban J connectivity index is 1.33. The van der Waals surface area contributed by atoms with Crippen molar-refractivity contribution >= 4 is 43.2 Å². The Morgan fingerprint density at radius 1 is 1.35 bits per heavy atom. The first-order valence-corrected chi connectivity index (χ1v) is 10.2. The van der Waals surface area contributed by atoms with E-state index in [0.29, 0.717) is 23.2 Å². The molecular formula is C18H20N4O2S2. The fraction of sp³-hybridized carbons (Fsp3) is 0.389. The van der Waals surface area contributed by atoms with Gasteiger partial charge in [-0.25, -0.2) is 9.97 Å². The number of amides is 1. The van der Waals surface area contributed by atoms with Crippen molar-refractivity contribution in [2.45, 2.75) is 19.4 Å². The smallest absolute Gasteiger partial charge is 0.261 e. The number of thiazole rings is 1. The summed E-state index contributed by atoms with van der Waals surface area (Å²) in [4.78, 5) is 24.8.